The van der Waals surface area contributed by atoms with Gasteiger partial charge in [-0.2, -0.15) is 0 Å². The van der Waals surface area contributed by atoms with Gasteiger partial charge < -0.3 is 0 Å². The molecule has 0 unspecified atom stereocenters. The first-order valence-electron chi connectivity index (χ1n) is 8.18. The normalized spacial score (nSPS) is 10.8. The van der Waals surface area contributed by atoms with Gasteiger partial charge >= 0.3 is 0 Å². The molecule has 0 aliphatic carbocycles. The van der Waals surface area contributed by atoms with Gasteiger partial charge in [-0.25, -0.2) is 4.98 Å². The number of carbonyl (C=O) groups is 1. The first-order valence-corrected chi connectivity index (χ1v) is 9.00. The maximum Gasteiger partial charge on any atom is 0.258 e. The number of aryl methyl sites for hydroxylation is 2. The van der Waals surface area contributed by atoms with Crippen molar-refractivity contribution in [3.8, 4) is 11.3 Å². The lowest BCUT2D eigenvalue weighted by molar-refractivity contribution is 0.102. The van der Waals surface area contributed by atoms with Crippen molar-refractivity contribution in [3.63, 3.8) is 0 Å². The van der Waals surface area contributed by atoms with E-state index < -0.39 is 0 Å². The summed E-state index contributed by atoms with van der Waals surface area (Å²) >= 11 is 1.35. The molecule has 0 aliphatic rings. The second kappa shape index (κ2) is 6.65. The number of nitrogens with one attached hydrogen (secondary N) is 1. The monoisotopic (exact) mass is 360 g/mol. The predicted molar refractivity (Wildman–Crippen MR) is 105 cm³/mol. The quantitative estimate of drug-likeness (QED) is 0.579. The molecule has 0 aliphatic heterocycles. The third kappa shape index (κ3) is 3.19. The average molecular weight is 360 g/mol. The number of hydrogen-bond donors (Lipinski definition) is 1. The highest BCUT2D eigenvalue weighted by Gasteiger charge is 2.15. The molecule has 0 fully saturated rings. The molecule has 2 heterocycles. The number of rotatable bonds is 3. The molecule has 0 spiro atoms. The number of pyridine rings is 1. The lowest BCUT2D eigenvalue weighted by Crippen LogP contribution is -2.13. The fourth-order valence-corrected chi connectivity index (χ4v) is 3.33. The van der Waals surface area contributed by atoms with Crippen LogP contribution in [0.3, 0.4) is 0 Å². The lowest BCUT2D eigenvalue weighted by Gasteiger charge is -2.09. The van der Waals surface area contributed by atoms with Crippen molar-refractivity contribution in [1.29, 1.82) is 0 Å². The summed E-state index contributed by atoms with van der Waals surface area (Å²) in [4.78, 5) is 17.6. The third-order valence-electron chi connectivity index (χ3n) is 4.05. The Balaban J connectivity index is 1.81. The van der Waals surface area contributed by atoms with E-state index in [0.29, 0.717) is 10.7 Å². The van der Waals surface area contributed by atoms with Crippen molar-refractivity contribution in [2.24, 2.45) is 0 Å². The molecule has 128 valence electrons. The number of amides is 1. The number of nitrogens with zero attached hydrogens (tertiary/aromatic N) is 3. The topological polar surface area (TPSA) is 67.8 Å². The zero-order valence-corrected chi connectivity index (χ0v) is 15.2. The fraction of sp³-hybridized carbons (Fsp3) is 0.100. The van der Waals surface area contributed by atoms with Gasteiger partial charge in [0.2, 0.25) is 5.13 Å². The Bertz CT molecular complexity index is 1100. The van der Waals surface area contributed by atoms with Gasteiger partial charge in [-0.15, -0.1) is 10.2 Å². The first-order chi connectivity index (χ1) is 12.6. The van der Waals surface area contributed by atoms with Crippen LogP contribution < -0.4 is 5.32 Å². The van der Waals surface area contributed by atoms with E-state index >= 15 is 0 Å². The van der Waals surface area contributed by atoms with Crippen LogP contribution >= 0.6 is 11.3 Å². The van der Waals surface area contributed by atoms with Crippen molar-refractivity contribution in [1.82, 2.24) is 15.2 Å². The molecule has 2 aromatic heterocycles. The zero-order chi connectivity index (χ0) is 18.1. The number of carbonyl (C=O) groups excluding carboxylic acids is 1. The molecule has 0 atom stereocenters. The summed E-state index contributed by atoms with van der Waals surface area (Å²) in [5.41, 5.74) is 4.27. The highest BCUT2D eigenvalue weighted by molar-refractivity contribution is 7.15. The Morgan fingerprint density at radius 3 is 2.50 bits per heavy atom. The second-order valence-electron chi connectivity index (χ2n) is 6.02. The molecule has 5 nitrogen and oxygen atoms in total. The van der Waals surface area contributed by atoms with E-state index in [-0.39, 0.29) is 5.91 Å². The Morgan fingerprint density at radius 1 is 1.00 bits per heavy atom. The minimum absolute atomic E-state index is 0.215. The van der Waals surface area contributed by atoms with Gasteiger partial charge in [0.05, 0.1) is 16.8 Å². The van der Waals surface area contributed by atoms with Crippen molar-refractivity contribution in [2.45, 2.75) is 13.8 Å². The molecule has 0 saturated heterocycles. The Hall–Kier alpha value is -3.12. The molecule has 6 heteroatoms. The lowest BCUT2D eigenvalue weighted by atomic mass is 10.0. The van der Waals surface area contributed by atoms with Gasteiger partial charge in [0.1, 0.15) is 5.01 Å². The molecule has 1 N–H and O–H groups in total. The van der Waals surface area contributed by atoms with Crippen LogP contribution in [0, 0.1) is 13.8 Å². The molecule has 4 rings (SSSR count). The van der Waals surface area contributed by atoms with Gasteiger partial charge in [0.25, 0.3) is 5.91 Å². The van der Waals surface area contributed by atoms with Crippen molar-refractivity contribution < 1.29 is 4.79 Å². The molecule has 4 aromatic rings. The summed E-state index contributed by atoms with van der Waals surface area (Å²) in [5, 5.41) is 12.9. The van der Waals surface area contributed by atoms with E-state index in [1.807, 2.05) is 68.4 Å². The predicted octanol–water partition coefficient (Wildman–Crippen LogP) is 4.62. The molecule has 1 amide bonds. The summed E-state index contributed by atoms with van der Waals surface area (Å²) in [6, 6.07) is 17.6. The second-order valence-corrected chi connectivity index (χ2v) is 7.20. The molecule has 2 aromatic carbocycles. The molecule has 26 heavy (non-hydrogen) atoms. The van der Waals surface area contributed by atoms with Gasteiger partial charge in [-0.05, 0) is 26.0 Å². The van der Waals surface area contributed by atoms with Gasteiger partial charge in [0, 0.05) is 10.9 Å². The van der Waals surface area contributed by atoms with Crippen LogP contribution in [-0.2, 0) is 0 Å². The van der Waals surface area contributed by atoms with E-state index in [1.165, 1.54) is 16.9 Å². The minimum Gasteiger partial charge on any atom is -0.296 e. The van der Waals surface area contributed by atoms with Crippen molar-refractivity contribution >= 4 is 33.3 Å². The van der Waals surface area contributed by atoms with E-state index in [9.17, 15) is 4.79 Å². The summed E-state index contributed by atoms with van der Waals surface area (Å²) in [5.74, 6) is -0.215. The van der Waals surface area contributed by atoms with Crippen LogP contribution in [0.4, 0.5) is 5.13 Å². The summed E-state index contributed by atoms with van der Waals surface area (Å²) in [6.07, 6.45) is 0. The molecule has 0 radical (unpaired) electrons. The van der Waals surface area contributed by atoms with E-state index in [4.69, 9.17) is 4.98 Å². The standard InChI is InChI=1S/C20H16N4OS/c1-12-7-9-14(10-8-12)18-11-16(15-5-3-4-6-17(15)21-18)19(25)22-20-24-23-13(2)26-20/h3-11H,1-2H3,(H,22,24,25). The highest BCUT2D eigenvalue weighted by atomic mass is 32.1. The zero-order valence-electron chi connectivity index (χ0n) is 14.4. The Labute approximate surface area is 154 Å². The smallest absolute Gasteiger partial charge is 0.258 e. The molecular formula is C20H16N4OS. The van der Waals surface area contributed by atoms with Gasteiger partial charge in [0.15, 0.2) is 0 Å². The SMILES string of the molecule is Cc1ccc(-c2cc(C(=O)Nc3nnc(C)s3)c3ccccc3n2)cc1. The summed E-state index contributed by atoms with van der Waals surface area (Å²) in [6.45, 7) is 3.89. The maximum absolute atomic E-state index is 12.9. The van der Waals surface area contributed by atoms with E-state index in [1.54, 1.807) is 0 Å². The number of hydrogen-bond acceptors (Lipinski definition) is 5. The van der Waals surface area contributed by atoms with Crippen LogP contribution in [0.25, 0.3) is 22.2 Å². The summed E-state index contributed by atoms with van der Waals surface area (Å²) < 4.78 is 0. The third-order valence-corrected chi connectivity index (χ3v) is 4.81. The Kier molecular flexibility index (Phi) is 4.18. The average Bonchev–Trinajstić information content (AvgIpc) is 3.06. The van der Waals surface area contributed by atoms with E-state index in [2.05, 4.69) is 15.5 Å². The van der Waals surface area contributed by atoms with Crippen molar-refractivity contribution in [2.75, 3.05) is 5.32 Å². The van der Waals surface area contributed by atoms with Crippen LogP contribution in [0.15, 0.2) is 54.6 Å². The highest BCUT2D eigenvalue weighted by Crippen LogP contribution is 2.26. The number of anilines is 1. The molecule has 0 saturated carbocycles. The Morgan fingerprint density at radius 2 is 1.77 bits per heavy atom. The van der Waals surface area contributed by atoms with Crippen LogP contribution in [0.1, 0.15) is 20.9 Å². The van der Waals surface area contributed by atoms with Gasteiger partial charge in [-0.1, -0.05) is 59.4 Å². The number of fused-ring (bicyclic) bond motifs is 1. The van der Waals surface area contributed by atoms with Crippen LogP contribution in [0.5, 0.6) is 0 Å². The fourth-order valence-electron chi connectivity index (χ4n) is 2.75. The van der Waals surface area contributed by atoms with Crippen LogP contribution in [0.2, 0.25) is 0 Å². The summed E-state index contributed by atoms with van der Waals surface area (Å²) in [7, 11) is 0. The minimum atomic E-state index is -0.215. The number of para-hydroxylation sites is 1. The van der Waals surface area contributed by atoms with E-state index in [0.717, 1.165) is 27.2 Å². The van der Waals surface area contributed by atoms with Gasteiger partial charge in [-0.3, -0.25) is 10.1 Å². The van der Waals surface area contributed by atoms with Crippen LogP contribution in [-0.4, -0.2) is 21.1 Å². The number of aromatic nitrogens is 3. The first kappa shape index (κ1) is 16.4. The maximum atomic E-state index is 12.9. The molecular weight excluding hydrogens is 344 g/mol. The van der Waals surface area contributed by atoms with Crippen molar-refractivity contribution in [3.05, 3.63) is 70.7 Å². The molecule has 0 bridgehead atoms. The number of benzene rings is 2. The largest absolute Gasteiger partial charge is 0.296 e.